The number of fused-ring (bicyclic) bond motifs is 5. The minimum Gasteiger partial charge on any atom is -0.502 e. The van der Waals surface area contributed by atoms with Gasteiger partial charge in [-0.3, -0.25) is 14.9 Å². The molecule has 10 nitrogen and oxygen atoms in total. The predicted molar refractivity (Wildman–Crippen MR) is 110 cm³/mol. The van der Waals surface area contributed by atoms with Gasteiger partial charge in [0.15, 0.2) is 11.4 Å². The molecule has 32 heavy (non-hydrogen) atoms. The Morgan fingerprint density at radius 2 is 2.03 bits per heavy atom. The van der Waals surface area contributed by atoms with Gasteiger partial charge in [-0.2, -0.15) is 0 Å². The van der Waals surface area contributed by atoms with Crippen LogP contribution in [-0.4, -0.2) is 32.8 Å². The van der Waals surface area contributed by atoms with E-state index >= 15 is 0 Å². The van der Waals surface area contributed by atoms with E-state index in [2.05, 4.69) is 5.92 Å². The molecule has 0 aromatic heterocycles. The Balaban J connectivity index is 1.84. The van der Waals surface area contributed by atoms with Crippen molar-refractivity contribution in [2.75, 3.05) is 0 Å². The largest absolute Gasteiger partial charge is 0.502 e. The predicted octanol–water partition coefficient (Wildman–Crippen LogP) is 3.28. The molecule has 0 radical (unpaired) electrons. The van der Waals surface area contributed by atoms with E-state index < -0.39 is 50.5 Å². The Morgan fingerprint density at radius 3 is 2.62 bits per heavy atom. The molecule has 0 spiro atoms. The number of aryl methyl sites for hydroxylation is 1. The van der Waals surface area contributed by atoms with Gasteiger partial charge in [0, 0.05) is 24.3 Å². The maximum absolute atomic E-state index is 11.9. The molecular formula is C22H24N2O8. The van der Waals surface area contributed by atoms with Gasteiger partial charge in [0.05, 0.1) is 4.92 Å². The Morgan fingerprint density at radius 1 is 1.31 bits per heavy atom. The molecule has 0 saturated heterocycles. The fourth-order valence-electron chi connectivity index (χ4n) is 6.67. The first kappa shape index (κ1) is 21.9. The molecule has 3 aliphatic carbocycles. The van der Waals surface area contributed by atoms with Gasteiger partial charge in [-0.25, -0.2) is 0 Å². The fourth-order valence-corrected chi connectivity index (χ4v) is 6.67. The summed E-state index contributed by atoms with van der Waals surface area (Å²) in [5.41, 5.74) is -1.09. The molecule has 0 bridgehead atoms. The molecule has 0 amide bonds. The third kappa shape index (κ3) is 3.06. The molecule has 2 fully saturated rings. The van der Waals surface area contributed by atoms with Crippen LogP contribution in [0.1, 0.15) is 56.6 Å². The standard InChI is InChI=1S/C22H24N2O8/c1-4-22(31-12(2)25)8-7-16-14-6-5-13-9-18(26)17(23(27)28)10-15(13)20(14)19(32-24(29)30)11-21(16,22)3/h1,9-10,14,16,19-20,26H,5-8,11H2,2-3H3/t14-,16-,19+,20-,21-,22-/m0/s1. The van der Waals surface area contributed by atoms with Crippen molar-refractivity contribution in [3.8, 4) is 18.1 Å². The molecule has 0 heterocycles. The molecule has 1 aromatic carbocycles. The highest BCUT2D eigenvalue weighted by Gasteiger charge is 2.66. The molecule has 3 aliphatic rings. The van der Waals surface area contributed by atoms with Gasteiger partial charge in [-0.1, -0.05) is 12.8 Å². The number of esters is 1. The highest BCUT2D eigenvalue weighted by atomic mass is 17.0. The van der Waals surface area contributed by atoms with Gasteiger partial charge in [0.1, 0.15) is 6.10 Å². The first-order valence-corrected chi connectivity index (χ1v) is 10.5. The first-order chi connectivity index (χ1) is 15.0. The lowest BCUT2D eigenvalue weighted by Gasteiger charge is -2.54. The number of nitrogens with zero attached hydrogens (tertiary/aromatic N) is 2. The molecule has 170 valence electrons. The van der Waals surface area contributed by atoms with Gasteiger partial charge in [0.25, 0.3) is 5.09 Å². The number of hydrogen-bond acceptors (Lipinski definition) is 8. The number of ether oxygens (including phenoxy) is 1. The second kappa shape index (κ2) is 7.36. The van der Waals surface area contributed by atoms with Crippen molar-refractivity contribution in [3.63, 3.8) is 0 Å². The number of rotatable bonds is 4. The average molecular weight is 444 g/mol. The van der Waals surface area contributed by atoms with Gasteiger partial charge in [-0.15, -0.1) is 16.5 Å². The van der Waals surface area contributed by atoms with Crippen molar-refractivity contribution in [2.24, 2.45) is 17.3 Å². The molecule has 10 heteroatoms. The lowest BCUT2D eigenvalue weighted by Crippen LogP contribution is -2.56. The van der Waals surface area contributed by atoms with Gasteiger partial charge < -0.3 is 14.7 Å². The minimum atomic E-state index is -1.20. The summed E-state index contributed by atoms with van der Waals surface area (Å²) in [4.78, 5) is 39.2. The summed E-state index contributed by atoms with van der Waals surface area (Å²) >= 11 is 0. The van der Waals surface area contributed by atoms with Crippen LogP contribution in [-0.2, 0) is 20.8 Å². The second-order valence-corrected chi connectivity index (χ2v) is 9.22. The van der Waals surface area contributed by atoms with Crippen molar-refractivity contribution in [3.05, 3.63) is 43.5 Å². The Labute approximate surface area is 184 Å². The quantitative estimate of drug-likeness (QED) is 0.323. The van der Waals surface area contributed by atoms with Crippen molar-refractivity contribution in [1.29, 1.82) is 0 Å². The Kier molecular flexibility index (Phi) is 5.03. The van der Waals surface area contributed by atoms with Crippen LogP contribution in [0.15, 0.2) is 12.1 Å². The second-order valence-electron chi connectivity index (χ2n) is 9.22. The van der Waals surface area contributed by atoms with Crippen LogP contribution in [0.25, 0.3) is 0 Å². The number of aromatic hydroxyl groups is 1. The summed E-state index contributed by atoms with van der Waals surface area (Å²) in [6, 6.07) is 2.69. The van der Waals surface area contributed by atoms with E-state index in [1.165, 1.54) is 19.1 Å². The molecule has 1 aromatic rings. The number of nitro groups is 1. The van der Waals surface area contributed by atoms with Crippen molar-refractivity contribution in [2.45, 2.75) is 63.6 Å². The molecule has 0 unspecified atom stereocenters. The summed E-state index contributed by atoms with van der Waals surface area (Å²) < 4.78 is 5.67. The minimum absolute atomic E-state index is 0.0180. The zero-order valence-corrected chi connectivity index (χ0v) is 17.8. The topological polar surface area (TPSA) is 142 Å². The van der Waals surface area contributed by atoms with Crippen LogP contribution < -0.4 is 0 Å². The van der Waals surface area contributed by atoms with Gasteiger partial charge >= 0.3 is 11.7 Å². The number of phenols is 1. The number of carbonyl (C=O) groups is 1. The van der Waals surface area contributed by atoms with Crippen molar-refractivity contribution < 1.29 is 29.5 Å². The van der Waals surface area contributed by atoms with Crippen molar-refractivity contribution in [1.82, 2.24) is 0 Å². The highest BCUT2D eigenvalue weighted by molar-refractivity contribution is 5.67. The third-order valence-electron chi connectivity index (χ3n) is 7.86. The van der Waals surface area contributed by atoms with Crippen LogP contribution in [0.4, 0.5) is 5.69 Å². The number of phenolic OH excluding ortho intramolecular Hbond substituents is 1. The smallest absolute Gasteiger partial charge is 0.310 e. The van der Waals surface area contributed by atoms with E-state index in [0.717, 1.165) is 5.56 Å². The maximum Gasteiger partial charge on any atom is 0.310 e. The van der Waals surface area contributed by atoms with Crippen LogP contribution >= 0.6 is 0 Å². The number of benzene rings is 1. The van der Waals surface area contributed by atoms with E-state index in [1.807, 2.05) is 6.92 Å². The zero-order chi connectivity index (χ0) is 23.4. The normalized spacial score (nSPS) is 34.9. The lowest BCUT2D eigenvalue weighted by atomic mass is 9.52. The van der Waals surface area contributed by atoms with Crippen LogP contribution in [0.2, 0.25) is 0 Å². The molecule has 6 atom stereocenters. The number of carbonyl (C=O) groups excluding carboxylic acids is 1. The van der Waals surface area contributed by atoms with E-state index in [9.17, 15) is 30.1 Å². The van der Waals surface area contributed by atoms with Crippen LogP contribution in [0, 0.1) is 49.8 Å². The van der Waals surface area contributed by atoms with Crippen LogP contribution in [0.3, 0.4) is 0 Å². The summed E-state index contributed by atoms with van der Waals surface area (Å²) in [5.74, 6) is 1.13. The first-order valence-electron chi connectivity index (χ1n) is 10.5. The summed E-state index contributed by atoms with van der Waals surface area (Å²) in [6.07, 6.45) is 7.39. The van der Waals surface area contributed by atoms with Gasteiger partial charge in [-0.05, 0) is 61.1 Å². The number of hydrogen-bond donors (Lipinski definition) is 1. The fraction of sp³-hybridized carbons (Fsp3) is 0.591. The summed E-state index contributed by atoms with van der Waals surface area (Å²) in [6.45, 7) is 3.18. The zero-order valence-electron chi connectivity index (χ0n) is 17.8. The molecule has 0 aliphatic heterocycles. The molecule has 2 saturated carbocycles. The summed E-state index contributed by atoms with van der Waals surface area (Å²) in [7, 11) is 0. The Hall–Kier alpha value is -3.35. The molecule has 4 rings (SSSR count). The maximum atomic E-state index is 11.9. The van der Waals surface area contributed by atoms with Crippen molar-refractivity contribution >= 4 is 11.7 Å². The number of terminal acetylenes is 1. The van der Waals surface area contributed by atoms with E-state index in [0.29, 0.717) is 31.2 Å². The highest BCUT2D eigenvalue weighted by Crippen LogP contribution is 2.66. The molecule has 1 N–H and O–H groups in total. The van der Waals surface area contributed by atoms with E-state index in [4.69, 9.17) is 16.0 Å². The lowest BCUT2D eigenvalue weighted by molar-refractivity contribution is -0.771. The van der Waals surface area contributed by atoms with E-state index in [-0.39, 0.29) is 18.3 Å². The van der Waals surface area contributed by atoms with E-state index in [1.54, 1.807) is 0 Å². The van der Waals surface area contributed by atoms with Gasteiger partial charge in [0.2, 0.25) is 0 Å². The Bertz CT molecular complexity index is 1050. The summed E-state index contributed by atoms with van der Waals surface area (Å²) in [5, 5.41) is 32.0. The monoisotopic (exact) mass is 444 g/mol. The van der Waals surface area contributed by atoms with Crippen LogP contribution in [0.5, 0.6) is 5.75 Å². The SMILES string of the molecule is C#C[C@]1(OC(C)=O)CC[C@H]2[C@@H]3CCc4cc(O)c([N+](=O)[O-])cc4[C@H]3[C@H](O[N+](=O)[O-])C[C@@]21C. The average Bonchev–Trinajstić information content (AvgIpc) is 2.98. The molecular weight excluding hydrogens is 420 g/mol. The number of nitro benzene ring substituents is 1. The third-order valence-corrected chi connectivity index (χ3v) is 7.86.